The van der Waals surface area contributed by atoms with Gasteiger partial charge >= 0.3 is 0 Å². The molecule has 2 N–H and O–H groups in total. The van der Waals surface area contributed by atoms with Crippen molar-refractivity contribution in [3.8, 4) is 0 Å². The summed E-state index contributed by atoms with van der Waals surface area (Å²) in [6.07, 6.45) is 0. The number of hydrogen-bond acceptors (Lipinski definition) is 1. The molecule has 1 nitrogen and oxygen atoms in total. The van der Waals surface area contributed by atoms with E-state index in [2.05, 4.69) is 6.07 Å². The molecule has 0 fully saturated rings. The SMILES string of the molecule is NCc1cc[c]c(Cl)c1. The second kappa shape index (κ2) is 2.85. The average molecular weight is 141 g/mol. The normalized spacial score (nSPS) is 9.56. The van der Waals surface area contributed by atoms with Gasteiger partial charge in [-0.2, -0.15) is 0 Å². The highest BCUT2D eigenvalue weighted by Gasteiger charge is 1.88. The lowest BCUT2D eigenvalue weighted by Crippen LogP contribution is -1.94. The number of hydrogen-bond donors (Lipinski definition) is 1. The van der Waals surface area contributed by atoms with Gasteiger partial charge in [0.1, 0.15) is 0 Å². The lowest BCUT2D eigenvalue weighted by atomic mass is 10.2. The minimum Gasteiger partial charge on any atom is -0.326 e. The van der Waals surface area contributed by atoms with Crippen molar-refractivity contribution in [3.05, 3.63) is 34.9 Å². The molecule has 2 heteroatoms. The van der Waals surface area contributed by atoms with Crippen molar-refractivity contribution in [1.29, 1.82) is 0 Å². The molecule has 0 heterocycles. The van der Waals surface area contributed by atoms with E-state index in [0.717, 1.165) is 5.56 Å². The standard InChI is InChI=1S/C7H7ClN/c8-7-3-1-2-6(4-7)5-9/h1-2,4H,5,9H2. The van der Waals surface area contributed by atoms with Crippen LogP contribution in [0, 0.1) is 6.07 Å². The van der Waals surface area contributed by atoms with Crippen LogP contribution >= 0.6 is 11.6 Å². The van der Waals surface area contributed by atoms with Gasteiger partial charge in [-0.1, -0.05) is 23.7 Å². The molecule has 0 aromatic heterocycles. The zero-order chi connectivity index (χ0) is 6.69. The Balaban J connectivity index is 2.94. The third kappa shape index (κ3) is 1.70. The van der Waals surface area contributed by atoms with Crippen LogP contribution in [0.5, 0.6) is 0 Å². The van der Waals surface area contributed by atoms with E-state index in [1.54, 1.807) is 6.07 Å². The van der Waals surface area contributed by atoms with Crippen LogP contribution < -0.4 is 5.73 Å². The van der Waals surface area contributed by atoms with Crippen LogP contribution in [0.3, 0.4) is 0 Å². The van der Waals surface area contributed by atoms with Gasteiger partial charge in [-0.15, -0.1) is 0 Å². The quantitative estimate of drug-likeness (QED) is 0.630. The Hall–Kier alpha value is -0.530. The number of rotatable bonds is 1. The maximum Gasteiger partial charge on any atom is 0.0488 e. The maximum atomic E-state index is 5.61. The predicted octanol–water partition coefficient (Wildman–Crippen LogP) is 1.60. The van der Waals surface area contributed by atoms with Crippen LogP contribution in [-0.2, 0) is 6.54 Å². The van der Waals surface area contributed by atoms with Gasteiger partial charge in [-0.3, -0.25) is 0 Å². The number of nitrogens with two attached hydrogens (primary N) is 1. The largest absolute Gasteiger partial charge is 0.326 e. The Bertz CT molecular complexity index is 198. The van der Waals surface area contributed by atoms with E-state index in [0.29, 0.717) is 11.6 Å². The lowest BCUT2D eigenvalue weighted by molar-refractivity contribution is 1.07. The molecule has 1 radical (unpaired) electrons. The fraction of sp³-hybridized carbons (Fsp3) is 0.143. The van der Waals surface area contributed by atoms with Gasteiger partial charge in [0.25, 0.3) is 0 Å². The first-order valence-electron chi connectivity index (χ1n) is 2.69. The summed E-state index contributed by atoms with van der Waals surface area (Å²) in [5.74, 6) is 0. The average Bonchev–Trinajstić information content (AvgIpc) is 1.88. The summed E-state index contributed by atoms with van der Waals surface area (Å²) in [4.78, 5) is 0. The smallest absolute Gasteiger partial charge is 0.0488 e. The molecule has 1 aromatic carbocycles. The summed E-state index contributed by atoms with van der Waals surface area (Å²) in [5.41, 5.74) is 6.39. The Morgan fingerprint density at radius 1 is 1.67 bits per heavy atom. The van der Waals surface area contributed by atoms with Gasteiger partial charge in [-0.25, -0.2) is 0 Å². The number of halogens is 1. The third-order valence-electron chi connectivity index (χ3n) is 1.07. The summed E-state index contributed by atoms with van der Waals surface area (Å²) in [6.45, 7) is 0.536. The fourth-order valence-electron chi connectivity index (χ4n) is 0.608. The maximum absolute atomic E-state index is 5.61. The summed E-state index contributed by atoms with van der Waals surface area (Å²) < 4.78 is 0. The molecule has 0 amide bonds. The first-order valence-corrected chi connectivity index (χ1v) is 3.07. The molecular formula is C7H7ClN. The zero-order valence-electron chi connectivity index (χ0n) is 4.89. The predicted molar refractivity (Wildman–Crippen MR) is 38.2 cm³/mol. The molecule has 0 aliphatic rings. The molecule has 0 aliphatic heterocycles. The summed E-state index contributed by atoms with van der Waals surface area (Å²) >= 11 is 5.61. The van der Waals surface area contributed by atoms with Gasteiger partial charge in [-0.05, 0) is 11.6 Å². The molecule has 0 saturated heterocycles. The third-order valence-corrected chi connectivity index (χ3v) is 1.28. The first-order chi connectivity index (χ1) is 4.33. The first kappa shape index (κ1) is 6.59. The van der Waals surface area contributed by atoms with Gasteiger partial charge in [0.05, 0.1) is 0 Å². The van der Waals surface area contributed by atoms with E-state index in [1.165, 1.54) is 0 Å². The molecule has 1 aromatic rings. The van der Waals surface area contributed by atoms with Crippen LogP contribution in [0.1, 0.15) is 5.56 Å². The molecular weight excluding hydrogens is 134 g/mol. The Labute approximate surface area is 59.4 Å². The highest BCUT2D eigenvalue weighted by atomic mass is 35.5. The van der Waals surface area contributed by atoms with E-state index in [4.69, 9.17) is 17.3 Å². The van der Waals surface area contributed by atoms with Gasteiger partial charge in [0.2, 0.25) is 0 Å². The highest BCUT2D eigenvalue weighted by Crippen LogP contribution is 2.08. The van der Waals surface area contributed by atoms with E-state index >= 15 is 0 Å². The summed E-state index contributed by atoms with van der Waals surface area (Å²) in [5, 5.41) is 0.623. The molecule has 0 aliphatic carbocycles. The summed E-state index contributed by atoms with van der Waals surface area (Å²) in [7, 11) is 0. The molecule has 0 bridgehead atoms. The van der Waals surface area contributed by atoms with Crippen molar-refractivity contribution in [2.24, 2.45) is 5.73 Å². The Kier molecular flexibility index (Phi) is 2.09. The second-order valence-electron chi connectivity index (χ2n) is 1.75. The van der Waals surface area contributed by atoms with E-state index in [1.807, 2.05) is 12.1 Å². The van der Waals surface area contributed by atoms with Gasteiger partial charge < -0.3 is 5.73 Å². The molecule has 0 spiro atoms. The fourth-order valence-corrected chi connectivity index (χ4v) is 0.811. The van der Waals surface area contributed by atoms with E-state index in [9.17, 15) is 0 Å². The van der Waals surface area contributed by atoms with Crippen LogP contribution in [0.25, 0.3) is 0 Å². The molecule has 0 saturated carbocycles. The molecule has 47 valence electrons. The molecule has 1 rings (SSSR count). The topological polar surface area (TPSA) is 26.0 Å². The molecule has 9 heavy (non-hydrogen) atoms. The minimum absolute atomic E-state index is 0.536. The van der Waals surface area contributed by atoms with Crippen LogP contribution in [0.15, 0.2) is 18.2 Å². The summed E-state index contributed by atoms with van der Waals surface area (Å²) in [6, 6.07) is 8.29. The van der Waals surface area contributed by atoms with Crippen LogP contribution in [0.4, 0.5) is 0 Å². The van der Waals surface area contributed by atoms with Gasteiger partial charge in [0.15, 0.2) is 0 Å². The monoisotopic (exact) mass is 140 g/mol. The molecule has 0 atom stereocenters. The minimum atomic E-state index is 0.536. The lowest BCUT2D eigenvalue weighted by Gasteiger charge is -1.93. The van der Waals surface area contributed by atoms with Crippen molar-refractivity contribution in [3.63, 3.8) is 0 Å². The second-order valence-corrected chi connectivity index (χ2v) is 2.16. The van der Waals surface area contributed by atoms with Crippen molar-refractivity contribution in [2.45, 2.75) is 6.54 Å². The molecule has 0 unspecified atom stereocenters. The van der Waals surface area contributed by atoms with Crippen LogP contribution in [-0.4, -0.2) is 0 Å². The van der Waals surface area contributed by atoms with Crippen molar-refractivity contribution in [1.82, 2.24) is 0 Å². The number of benzene rings is 1. The highest BCUT2D eigenvalue weighted by molar-refractivity contribution is 6.30. The Morgan fingerprint density at radius 3 is 2.89 bits per heavy atom. The van der Waals surface area contributed by atoms with E-state index in [-0.39, 0.29) is 0 Å². The Morgan fingerprint density at radius 2 is 2.44 bits per heavy atom. The van der Waals surface area contributed by atoms with Crippen molar-refractivity contribution < 1.29 is 0 Å². The van der Waals surface area contributed by atoms with Gasteiger partial charge in [0, 0.05) is 17.6 Å². The zero-order valence-corrected chi connectivity index (χ0v) is 5.65. The van der Waals surface area contributed by atoms with Crippen molar-refractivity contribution >= 4 is 11.6 Å². The van der Waals surface area contributed by atoms with Crippen LogP contribution in [0.2, 0.25) is 5.02 Å². The van der Waals surface area contributed by atoms with E-state index < -0.39 is 0 Å². The van der Waals surface area contributed by atoms with Crippen molar-refractivity contribution in [2.75, 3.05) is 0 Å².